The number of benzene rings is 2. The Labute approximate surface area is 192 Å². The van der Waals surface area contributed by atoms with Crippen molar-refractivity contribution in [2.75, 3.05) is 26.2 Å². The Morgan fingerprint density at radius 1 is 0.970 bits per heavy atom. The third kappa shape index (κ3) is 4.73. The molecule has 4 rings (SSSR count). The van der Waals surface area contributed by atoms with Gasteiger partial charge in [-0.15, -0.1) is 0 Å². The molecule has 0 bridgehead atoms. The van der Waals surface area contributed by atoms with Crippen LogP contribution < -0.4 is 15.7 Å². The maximum atomic E-state index is 13.0. The molecule has 0 aliphatic carbocycles. The monoisotopic (exact) mass is 492 g/mol. The van der Waals surface area contributed by atoms with Crippen LogP contribution in [0.5, 0.6) is 0 Å². The van der Waals surface area contributed by atoms with E-state index in [0.717, 1.165) is 27.0 Å². The van der Waals surface area contributed by atoms with Crippen LogP contribution >= 0.6 is 0 Å². The summed E-state index contributed by atoms with van der Waals surface area (Å²) in [6, 6.07) is 10.4. The predicted molar refractivity (Wildman–Crippen MR) is 123 cm³/mol. The largest absolute Gasteiger partial charge is 0.422 e. The van der Waals surface area contributed by atoms with Crippen LogP contribution in [0.15, 0.2) is 61.5 Å². The van der Waals surface area contributed by atoms with E-state index in [1.54, 1.807) is 0 Å². The second kappa shape index (κ2) is 8.65. The van der Waals surface area contributed by atoms with E-state index >= 15 is 0 Å². The van der Waals surface area contributed by atoms with Crippen LogP contribution in [-0.2, 0) is 26.6 Å². The summed E-state index contributed by atoms with van der Waals surface area (Å²) in [5, 5.41) is 5.98. The van der Waals surface area contributed by atoms with Crippen molar-refractivity contribution in [3.05, 3.63) is 69.6 Å². The number of hydrogen-bond donors (Lipinski definition) is 2. The molecule has 11 heteroatoms. The molecule has 3 aromatic rings. The summed E-state index contributed by atoms with van der Waals surface area (Å²) in [4.78, 5) is 13.2. The SMILES string of the molecule is Cc1ccc2c(C[NH+]3CCN(S(=O)(=O)c4ccc(S(N)(=O)=O)cc4)CC3)cc(=O)oc2c1C. The Morgan fingerprint density at radius 3 is 2.18 bits per heavy atom. The first-order valence-corrected chi connectivity index (χ1v) is 13.4. The molecule has 1 fully saturated rings. The minimum atomic E-state index is -3.89. The molecule has 1 aliphatic heterocycles. The van der Waals surface area contributed by atoms with Gasteiger partial charge in [0.15, 0.2) is 0 Å². The number of piperazine rings is 1. The quantitative estimate of drug-likeness (QED) is 0.487. The summed E-state index contributed by atoms with van der Waals surface area (Å²) >= 11 is 0. The fourth-order valence-electron chi connectivity index (χ4n) is 4.11. The normalized spacial score (nSPS) is 16.3. The smallest absolute Gasteiger partial charge is 0.336 e. The summed E-state index contributed by atoms with van der Waals surface area (Å²) in [7, 11) is -7.64. The maximum absolute atomic E-state index is 13.0. The lowest BCUT2D eigenvalue weighted by Gasteiger charge is -2.31. The molecule has 9 nitrogen and oxygen atoms in total. The van der Waals surface area contributed by atoms with Crippen molar-refractivity contribution in [1.29, 1.82) is 0 Å². The van der Waals surface area contributed by atoms with Crippen LogP contribution in [0.3, 0.4) is 0 Å². The standard InChI is InChI=1S/C22H25N3O6S2/c1-15-3-8-20-17(13-21(26)31-22(20)16(15)2)14-24-9-11-25(12-10-24)33(29,30)19-6-4-18(5-7-19)32(23,27)28/h3-8,13H,9-12,14H2,1-2H3,(H2,23,27,28)/p+1. The summed E-state index contributed by atoms with van der Waals surface area (Å²) in [6.07, 6.45) is 0. The van der Waals surface area contributed by atoms with E-state index in [0.29, 0.717) is 38.3 Å². The molecule has 2 heterocycles. The van der Waals surface area contributed by atoms with E-state index in [1.165, 1.54) is 34.6 Å². The van der Waals surface area contributed by atoms with Crippen molar-refractivity contribution < 1.29 is 26.2 Å². The van der Waals surface area contributed by atoms with Crippen molar-refractivity contribution in [3.63, 3.8) is 0 Å². The highest BCUT2D eigenvalue weighted by atomic mass is 32.2. The Balaban J connectivity index is 1.49. The van der Waals surface area contributed by atoms with Gasteiger partial charge in [-0.05, 0) is 49.2 Å². The molecule has 0 amide bonds. The molecule has 2 aromatic carbocycles. The van der Waals surface area contributed by atoms with Gasteiger partial charge in [0.25, 0.3) is 0 Å². The van der Waals surface area contributed by atoms with Gasteiger partial charge in [0.1, 0.15) is 12.1 Å². The van der Waals surface area contributed by atoms with Crippen molar-refractivity contribution in [1.82, 2.24) is 4.31 Å². The number of nitrogens with zero attached hydrogens (tertiary/aromatic N) is 1. The first-order valence-electron chi connectivity index (χ1n) is 10.5. The maximum Gasteiger partial charge on any atom is 0.336 e. The molecule has 1 aliphatic rings. The molecular formula is C22H26N3O6S2+. The van der Waals surface area contributed by atoms with E-state index < -0.39 is 25.7 Å². The van der Waals surface area contributed by atoms with Gasteiger partial charge in [-0.3, -0.25) is 0 Å². The average molecular weight is 493 g/mol. The van der Waals surface area contributed by atoms with Crippen molar-refractivity contribution in [2.45, 2.75) is 30.2 Å². The molecule has 0 atom stereocenters. The molecule has 1 aromatic heterocycles. The number of rotatable bonds is 5. The molecule has 176 valence electrons. The van der Waals surface area contributed by atoms with E-state index in [-0.39, 0.29) is 9.79 Å². The lowest BCUT2D eigenvalue weighted by molar-refractivity contribution is -0.917. The van der Waals surface area contributed by atoms with Gasteiger partial charge in [0.2, 0.25) is 20.0 Å². The van der Waals surface area contributed by atoms with Crippen LogP contribution in [0.1, 0.15) is 16.7 Å². The lowest BCUT2D eigenvalue weighted by Crippen LogP contribution is -3.13. The highest BCUT2D eigenvalue weighted by Gasteiger charge is 2.31. The Morgan fingerprint density at radius 2 is 1.58 bits per heavy atom. The highest BCUT2D eigenvalue weighted by molar-refractivity contribution is 7.89. The van der Waals surface area contributed by atoms with Crippen LogP contribution in [-0.4, -0.2) is 47.3 Å². The third-order valence-corrected chi connectivity index (χ3v) is 9.02. The zero-order valence-corrected chi connectivity index (χ0v) is 20.0. The summed E-state index contributed by atoms with van der Waals surface area (Å²) < 4.78 is 55.6. The van der Waals surface area contributed by atoms with Gasteiger partial charge >= 0.3 is 5.63 Å². The minimum Gasteiger partial charge on any atom is -0.422 e. The van der Waals surface area contributed by atoms with Gasteiger partial charge < -0.3 is 9.32 Å². The van der Waals surface area contributed by atoms with Gasteiger partial charge in [-0.1, -0.05) is 12.1 Å². The summed E-state index contributed by atoms with van der Waals surface area (Å²) in [5.41, 5.74) is 3.07. The van der Waals surface area contributed by atoms with E-state index in [9.17, 15) is 21.6 Å². The molecule has 0 unspecified atom stereocenters. The average Bonchev–Trinajstić information content (AvgIpc) is 2.76. The molecule has 0 saturated carbocycles. The highest BCUT2D eigenvalue weighted by Crippen LogP contribution is 2.23. The second-order valence-electron chi connectivity index (χ2n) is 8.32. The van der Waals surface area contributed by atoms with Crippen LogP contribution in [0, 0.1) is 13.8 Å². The number of primary sulfonamides is 1. The first-order chi connectivity index (χ1) is 15.5. The Bertz CT molecular complexity index is 1470. The van der Waals surface area contributed by atoms with Crippen molar-refractivity contribution in [3.8, 4) is 0 Å². The molecule has 0 radical (unpaired) electrons. The summed E-state index contributed by atoms with van der Waals surface area (Å²) in [6.45, 7) is 6.24. The van der Waals surface area contributed by atoms with E-state index in [4.69, 9.17) is 9.56 Å². The molecule has 33 heavy (non-hydrogen) atoms. The topological polar surface area (TPSA) is 132 Å². The number of quaternary nitrogens is 1. The number of nitrogens with two attached hydrogens (primary N) is 1. The van der Waals surface area contributed by atoms with E-state index in [1.807, 2.05) is 26.0 Å². The first kappa shape index (κ1) is 23.6. The minimum absolute atomic E-state index is 0.0239. The number of hydrogen-bond acceptors (Lipinski definition) is 6. The van der Waals surface area contributed by atoms with Crippen molar-refractivity contribution >= 4 is 31.0 Å². The van der Waals surface area contributed by atoms with Crippen LogP contribution in [0.2, 0.25) is 0 Å². The number of sulfonamides is 2. The number of aryl methyl sites for hydroxylation is 2. The fraction of sp³-hybridized carbons (Fsp3) is 0.318. The van der Waals surface area contributed by atoms with Gasteiger partial charge in [0, 0.05) is 17.0 Å². The van der Waals surface area contributed by atoms with Crippen molar-refractivity contribution in [2.24, 2.45) is 5.14 Å². The number of nitrogens with one attached hydrogen (secondary N) is 1. The van der Waals surface area contributed by atoms with Gasteiger partial charge in [0.05, 0.1) is 36.0 Å². The van der Waals surface area contributed by atoms with Crippen LogP contribution in [0.4, 0.5) is 0 Å². The Kier molecular flexibility index (Phi) is 6.18. The third-order valence-electron chi connectivity index (χ3n) is 6.18. The zero-order chi connectivity index (χ0) is 24.0. The fourth-order valence-corrected chi connectivity index (χ4v) is 6.07. The lowest BCUT2D eigenvalue weighted by atomic mass is 10.0. The van der Waals surface area contributed by atoms with Gasteiger partial charge in [-0.25, -0.2) is 26.8 Å². The van der Waals surface area contributed by atoms with Crippen LogP contribution in [0.25, 0.3) is 11.0 Å². The summed E-state index contributed by atoms with van der Waals surface area (Å²) in [5.74, 6) is 0. The van der Waals surface area contributed by atoms with E-state index in [2.05, 4.69) is 0 Å². The Hall–Kier alpha value is -2.57. The second-order valence-corrected chi connectivity index (χ2v) is 11.8. The molecule has 1 saturated heterocycles. The zero-order valence-electron chi connectivity index (χ0n) is 18.4. The number of fused-ring (bicyclic) bond motifs is 1. The molecular weight excluding hydrogens is 466 g/mol. The molecule has 0 spiro atoms. The predicted octanol–water partition coefficient (Wildman–Crippen LogP) is 0.147. The molecule has 3 N–H and O–H groups in total. The van der Waals surface area contributed by atoms with Gasteiger partial charge in [-0.2, -0.15) is 4.31 Å².